The molecule has 0 saturated heterocycles. The van der Waals surface area contributed by atoms with E-state index in [1.807, 2.05) is 0 Å². The van der Waals surface area contributed by atoms with E-state index in [0.29, 0.717) is 31.0 Å². The number of hydrogen-bond donors (Lipinski definition) is 2. The highest BCUT2D eigenvalue weighted by atomic mass is 16.2. The third-order valence-electron chi connectivity index (χ3n) is 3.26. The van der Waals surface area contributed by atoms with Gasteiger partial charge >= 0.3 is 0 Å². The third-order valence-corrected chi connectivity index (χ3v) is 3.26. The maximum absolute atomic E-state index is 11.8. The number of carbonyl (C=O) groups excluding carboxylic acids is 2. The van der Waals surface area contributed by atoms with Crippen molar-refractivity contribution in [2.75, 3.05) is 6.54 Å². The van der Waals surface area contributed by atoms with Gasteiger partial charge in [-0.1, -0.05) is 33.1 Å². The molecular formula is C13H23N3O2. The summed E-state index contributed by atoms with van der Waals surface area (Å²) in [4.78, 5) is 22.7. The predicted octanol–water partition coefficient (Wildman–Crippen LogP) is 1.58. The third kappa shape index (κ3) is 4.85. The Kier molecular flexibility index (Phi) is 6.39. The van der Waals surface area contributed by atoms with Gasteiger partial charge in [0.05, 0.1) is 0 Å². The average molecular weight is 253 g/mol. The summed E-state index contributed by atoms with van der Waals surface area (Å²) < 4.78 is 0. The monoisotopic (exact) mass is 253 g/mol. The molecule has 0 aliphatic carbocycles. The lowest BCUT2D eigenvalue weighted by molar-refractivity contribution is -0.121. The van der Waals surface area contributed by atoms with Gasteiger partial charge in [0.1, 0.15) is 5.71 Å². The second-order valence-electron chi connectivity index (χ2n) is 4.72. The van der Waals surface area contributed by atoms with Crippen molar-refractivity contribution in [3.8, 4) is 0 Å². The molecule has 1 aliphatic rings. The highest BCUT2D eigenvalue weighted by Gasteiger charge is 2.18. The van der Waals surface area contributed by atoms with Crippen LogP contribution in [0.3, 0.4) is 0 Å². The first kappa shape index (κ1) is 14.7. The SMILES string of the molecule is CCCCC(CC)CNC(=O)C1=NNC(=O)CC1. The highest BCUT2D eigenvalue weighted by molar-refractivity contribution is 6.39. The summed E-state index contributed by atoms with van der Waals surface area (Å²) in [5, 5.41) is 6.69. The van der Waals surface area contributed by atoms with Gasteiger partial charge in [-0.2, -0.15) is 5.10 Å². The summed E-state index contributed by atoms with van der Waals surface area (Å²) in [6.07, 6.45) is 5.39. The largest absolute Gasteiger partial charge is 0.351 e. The highest BCUT2D eigenvalue weighted by Crippen LogP contribution is 2.11. The van der Waals surface area contributed by atoms with E-state index in [2.05, 4.69) is 29.7 Å². The van der Waals surface area contributed by atoms with Gasteiger partial charge < -0.3 is 5.32 Å². The standard InChI is InChI=1S/C13H23N3O2/c1-3-5-6-10(4-2)9-14-13(18)11-7-8-12(17)16-15-11/h10H,3-9H2,1-2H3,(H,14,18)(H,16,17). The molecule has 1 unspecified atom stereocenters. The lowest BCUT2D eigenvalue weighted by atomic mass is 9.99. The zero-order valence-corrected chi connectivity index (χ0v) is 11.3. The molecule has 0 spiro atoms. The number of unbranched alkanes of at least 4 members (excludes halogenated alkanes) is 1. The zero-order valence-electron chi connectivity index (χ0n) is 11.3. The van der Waals surface area contributed by atoms with Gasteiger partial charge in [0.25, 0.3) is 5.91 Å². The first-order valence-corrected chi connectivity index (χ1v) is 6.81. The molecular weight excluding hydrogens is 230 g/mol. The van der Waals surface area contributed by atoms with Crippen molar-refractivity contribution in [3.05, 3.63) is 0 Å². The summed E-state index contributed by atoms with van der Waals surface area (Å²) in [7, 11) is 0. The van der Waals surface area contributed by atoms with Gasteiger partial charge in [0, 0.05) is 19.4 Å². The van der Waals surface area contributed by atoms with Crippen LogP contribution >= 0.6 is 0 Å². The maximum Gasteiger partial charge on any atom is 0.267 e. The summed E-state index contributed by atoms with van der Waals surface area (Å²) in [6, 6.07) is 0. The van der Waals surface area contributed by atoms with Crippen molar-refractivity contribution in [1.29, 1.82) is 0 Å². The van der Waals surface area contributed by atoms with E-state index < -0.39 is 0 Å². The van der Waals surface area contributed by atoms with Crippen molar-refractivity contribution in [3.63, 3.8) is 0 Å². The summed E-state index contributed by atoms with van der Waals surface area (Å²) >= 11 is 0. The number of hydrazone groups is 1. The molecule has 18 heavy (non-hydrogen) atoms. The Bertz CT molecular complexity index is 326. The summed E-state index contributed by atoms with van der Waals surface area (Å²) in [6.45, 7) is 5.01. The molecule has 0 saturated carbocycles. The van der Waals surface area contributed by atoms with Crippen LogP contribution in [0.15, 0.2) is 5.10 Å². The summed E-state index contributed by atoms with van der Waals surface area (Å²) in [5.41, 5.74) is 2.77. The van der Waals surface area contributed by atoms with E-state index in [1.165, 1.54) is 12.8 Å². The zero-order chi connectivity index (χ0) is 13.4. The van der Waals surface area contributed by atoms with Crippen molar-refractivity contribution < 1.29 is 9.59 Å². The molecule has 0 aromatic carbocycles. The van der Waals surface area contributed by atoms with Crippen LogP contribution in [0.4, 0.5) is 0 Å². The Morgan fingerprint density at radius 1 is 1.44 bits per heavy atom. The Hall–Kier alpha value is -1.39. The van der Waals surface area contributed by atoms with Crippen LogP contribution in [0.5, 0.6) is 0 Å². The minimum Gasteiger partial charge on any atom is -0.351 e. The van der Waals surface area contributed by atoms with E-state index in [1.54, 1.807) is 0 Å². The molecule has 0 radical (unpaired) electrons. The van der Waals surface area contributed by atoms with Gasteiger partial charge in [0.2, 0.25) is 5.91 Å². The molecule has 102 valence electrons. The molecule has 0 fully saturated rings. The Morgan fingerprint density at radius 2 is 2.22 bits per heavy atom. The summed E-state index contributed by atoms with van der Waals surface area (Å²) in [5.74, 6) is 0.263. The Labute approximate surface area is 108 Å². The smallest absolute Gasteiger partial charge is 0.267 e. The fourth-order valence-electron chi connectivity index (χ4n) is 1.92. The number of amides is 2. The van der Waals surface area contributed by atoms with Gasteiger partial charge in [-0.05, 0) is 12.3 Å². The van der Waals surface area contributed by atoms with E-state index in [4.69, 9.17) is 0 Å². The van der Waals surface area contributed by atoms with Gasteiger partial charge in [0.15, 0.2) is 0 Å². The Morgan fingerprint density at radius 3 is 2.78 bits per heavy atom. The van der Waals surface area contributed by atoms with Gasteiger partial charge in [-0.3, -0.25) is 9.59 Å². The van der Waals surface area contributed by atoms with E-state index in [0.717, 1.165) is 12.8 Å². The minimum absolute atomic E-state index is 0.124. The first-order valence-electron chi connectivity index (χ1n) is 6.81. The molecule has 1 atom stereocenters. The lowest BCUT2D eigenvalue weighted by Crippen LogP contribution is -2.38. The number of hydrogen-bond acceptors (Lipinski definition) is 3. The van der Waals surface area contributed by atoms with Crippen LogP contribution in [0.25, 0.3) is 0 Å². The molecule has 0 bridgehead atoms. The quantitative estimate of drug-likeness (QED) is 0.723. The molecule has 5 heteroatoms. The van der Waals surface area contributed by atoms with Crippen LogP contribution in [0.1, 0.15) is 52.4 Å². The second-order valence-corrected chi connectivity index (χ2v) is 4.72. The van der Waals surface area contributed by atoms with Crippen LogP contribution in [-0.2, 0) is 9.59 Å². The predicted molar refractivity (Wildman–Crippen MR) is 71.1 cm³/mol. The number of nitrogens with zero attached hydrogens (tertiary/aromatic N) is 1. The van der Waals surface area contributed by atoms with E-state index >= 15 is 0 Å². The van der Waals surface area contributed by atoms with Crippen molar-refractivity contribution >= 4 is 17.5 Å². The normalized spacial score (nSPS) is 16.8. The van der Waals surface area contributed by atoms with E-state index in [9.17, 15) is 9.59 Å². The fourth-order valence-corrected chi connectivity index (χ4v) is 1.92. The molecule has 0 aromatic rings. The fraction of sp³-hybridized carbons (Fsp3) is 0.769. The number of rotatable bonds is 7. The van der Waals surface area contributed by atoms with Crippen LogP contribution in [-0.4, -0.2) is 24.1 Å². The molecule has 2 N–H and O–H groups in total. The van der Waals surface area contributed by atoms with Crippen molar-refractivity contribution in [2.45, 2.75) is 52.4 Å². The van der Waals surface area contributed by atoms with Crippen LogP contribution in [0.2, 0.25) is 0 Å². The van der Waals surface area contributed by atoms with Crippen LogP contribution in [0, 0.1) is 5.92 Å². The van der Waals surface area contributed by atoms with Crippen molar-refractivity contribution in [1.82, 2.24) is 10.7 Å². The van der Waals surface area contributed by atoms with Gasteiger partial charge in [-0.15, -0.1) is 0 Å². The molecule has 2 amide bonds. The van der Waals surface area contributed by atoms with Crippen molar-refractivity contribution in [2.24, 2.45) is 11.0 Å². The molecule has 5 nitrogen and oxygen atoms in total. The lowest BCUT2D eigenvalue weighted by Gasteiger charge is -2.16. The second kappa shape index (κ2) is 7.84. The van der Waals surface area contributed by atoms with Gasteiger partial charge in [-0.25, -0.2) is 5.43 Å². The molecule has 1 aliphatic heterocycles. The van der Waals surface area contributed by atoms with Crippen LogP contribution < -0.4 is 10.7 Å². The maximum atomic E-state index is 11.8. The number of carbonyl (C=O) groups is 2. The van der Waals surface area contributed by atoms with E-state index in [-0.39, 0.29) is 11.8 Å². The topological polar surface area (TPSA) is 70.6 Å². The molecule has 1 rings (SSSR count). The number of nitrogens with one attached hydrogen (secondary N) is 2. The molecule has 0 aromatic heterocycles. The Balaban J connectivity index is 2.33. The first-order chi connectivity index (χ1) is 8.67. The average Bonchev–Trinajstić information content (AvgIpc) is 2.39. The minimum atomic E-state index is -0.148. The molecule has 1 heterocycles.